The van der Waals surface area contributed by atoms with Crippen LogP contribution in [0.5, 0.6) is 5.75 Å². The van der Waals surface area contributed by atoms with Gasteiger partial charge in [-0.15, -0.1) is 13.2 Å². The van der Waals surface area contributed by atoms with Gasteiger partial charge in [-0.3, -0.25) is 18.9 Å². The highest BCUT2D eigenvalue weighted by Crippen LogP contribution is 2.25. The Morgan fingerprint density at radius 1 is 1.13 bits per heavy atom. The van der Waals surface area contributed by atoms with Crippen LogP contribution in [0.1, 0.15) is 42.4 Å². The molecule has 0 aliphatic carbocycles. The molecule has 202 valence electrons. The second-order valence-electron chi connectivity index (χ2n) is 9.13. The monoisotopic (exact) mass is 531 g/mol. The highest BCUT2D eigenvalue weighted by molar-refractivity contribution is 5.71. The van der Waals surface area contributed by atoms with Crippen molar-refractivity contribution in [1.82, 2.24) is 23.7 Å². The molecule has 1 N–H and O–H groups in total. The molecule has 1 aromatic carbocycles. The molecule has 3 aromatic heterocycles. The number of nitrogens with zero attached hydrogens (tertiary/aromatic N) is 5. The maximum Gasteiger partial charge on any atom is 0.573 e. The average molecular weight is 532 g/mol. The van der Waals surface area contributed by atoms with Gasteiger partial charge in [-0.2, -0.15) is 0 Å². The van der Waals surface area contributed by atoms with E-state index in [0.717, 1.165) is 10.1 Å². The fraction of sp³-hybridized carbons (Fsp3) is 0.385. The number of pyridine rings is 1. The predicted octanol–water partition coefficient (Wildman–Crippen LogP) is 3.30. The molecule has 4 rings (SSSR count). The summed E-state index contributed by atoms with van der Waals surface area (Å²) in [5.74, 6) is -0.00734. The fourth-order valence-electron chi connectivity index (χ4n) is 4.19. The van der Waals surface area contributed by atoms with Crippen molar-refractivity contribution >= 4 is 11.2 Å². The Morgan fingerprint density at radius 3 is 2.55 bits per heavy atom. The summed E-state index contributed by atoms with van der Waals surface area (Å²) in [6, 6.07) is 9.20. The van der Waals surface area contributed by atoms with Gasteiger partial charge < -0.3 is 14.4 Å². The first kappa shape index (κ1) is 27.1. The summed E-state index contributed by atoms with van der Waals surface area (Å²) in [4.78, 5) is 35.6. The Hall–Kier alpha value is -3.93. The van der Waals surface area contributed by atoms with E-state index >= 15 is 0 Å². The Kier molecular flexibility index (Phi) is 7.72. The molecule has 4 aromatic rings. The van der Waals surface area contributed by atoms with E-state index < -0.39 is 23.7 Å². The lowest BCUT2D eigenvalue weighted by molar-refractivity contribution is -0.274. The maximum atomic E-state index is 13.6. The van der Waals surface area contributed by atoms with E-state index in [9.17, 15) is 27.9 Å². The summed E-state index contributed by atoms with van der Waals surface area (Å²) in [5.41, 5.74) is 1.23. The number of imidazole rings is 1. The molecular weight excluding hydrogens is 503 g/mol. The van der Waals surface area contributed by atoms with E-state index in [1.165, 1.54) is 29.8 Å². The van der Waals surface area contributed by atoms with Crippen molar-refractivity contribution in [3.05, 3.63) is 86.1 Å². The molecule has 0 spiro atoms. The third kappa shape index (κ3) is 5.96. The summed E-state index contributed by atoms with van der Waals surface area (Å²) >= 11 is 0. The zero-order chi connectivity index (χ0) is 27.6. The fourth-order valence-corrected chi connectivity index (χ4v) is 4.19. The smallest absolute Gasteiger partial charge is 0.406 e. The molecule has 0 saturated heterocycles. The molecule has 1 atom stereocenters. The molecule has 0 saturated carbocycles. The molecule has 1 unspecified atom stereocenters. The van der Waals surface area contributed by atoms with Crippen LogP contribution in [0.15, 0.2) is 52.2 Å². The number of aliphatic hydroxyl groups excluding tert-OH is 1. The highest BCUT2D eigenvalue weighted by atomic mass is 19.4. The van der Waals surface area contributed by atoms with Crippen LogP contribution in [-0.2, 0) is 26.6 Å². The number of alkyl halides is 3. The quantitative estimate of drug-likeness (QED) is 0.356. The second kappa shape index (κ2) is 10.8. The lowest BCUT2D eigenvalue weighted by Gasteiger charge is -2.13. The van der Waals surface area contributed by atoms with E-state index in [1.807, 2.05) is 13.0 Å². The highest BCUT2D eigenvalue weighted by Gasteiger charge is 2.31. The van der Waals surface area contributed by atoms with Crippen molar-refractivity contribution in [2.45, 2.75) is 58.7 Å². The topological polar surface area (TPSA) is 104 Å². The SMILES string of the molecule is CCC(O)CCn1c(=O)c2c(nc(Cc3cccc(OC(F)(F)F)c3)n2Cc2ccc(C)cn2)n(C)c1=O. The van der Waals surface area contributed by atoms with E-state index in [2.05, 4.69) is 14.7 Å². The molecule has 12 heteroatoms. The van der Waals surface area contributed by atoms with E-state index in [-0.39, 0.29) is 42.8 Å². The van der Waals surface area contributed by atoms with Crippen LogP contribution in [0.25, 0.3) is 11.2 Å². The average Bonchev–Trinajstić information content (AvgIpc) is 3.20. The first-order valence-electron chi connectivity index (χ1n) is 12.1. The first-order chi connectivity index (χ1) is 18.0. The van der Waals surface area contributed by atoms with Crippen molar-refractivity contribution in [2.24, 2.45) is 7.05 Å². The summed E-state index contributed by atoms with van der Waals surface area (Å²) < 4.78 is 46.3. The van der Waals surface area contributed by atoms with Gasteiger partial charge in [0.15, 0.2) is 11.2 Å². The van der Waals surface area contributed by atoms with Crippen LogP contribution in [0, 0.1) is 6.92 Å². The lowest BCUT2D eigenvalue weighted by Crippen LogP contribution is -2.40. The van der Waals surface area contributed by atoms with Crippen LogP contribution >= 0.6 is 0 Å². The minimum Gasteiger partial charge on any atom is -0.406 e. The van der Waals surface area contributed by atoms with Gasteiger partial charge in [0, 0.05) is 26.2 Å². The van der Waals surface area contributed by atoms with Crippen molar-refractivity contribution < 1.29 is 23.0 Å². The molecule has 0 aliphatic rings. The Balaban J connectivity index is 1.85. The standard InChI is InChI=1S/C26H28F3N5O4/c1-4-19(35)10-11-33-24(36)22-23(32(3)25(33)37)31-21(34(22)15-18-9-8-16(2)14-30-18)13-17-6-5-7-20(12-17)38-26(27,28)29/h5-9,12,14,19,35H,4,10-11,13,15H2,1-3H3. The molecule has 9 nitrogen and oxygen atoms in total. The number of hydrogen-bond donors (Lipinski definition) is 1. The predicted molar refractivity (Wildman–Crippen MR) is 134 cm³/mol. The number of halogens is 3. The van der Waals surface area contributed by atoms with Crippen molar-refractivity contribution in [1.29, 1.82) is 0 Å². The zero-order valence-corrected chi connectivity index (χ0v) is 21.2. The molecule has 0 radical (unpaired) electrons. The van der Waals surface area contributed by atoms with Gasteiger partial charge in [0.05, 0.1) is 18.3 Å². The number of aromatic nitrogens is 5. The molecule has 0 aliphatic heterocycles. The molecule has 0 fully saturated rings. The van der Waals surface area contributed by atoms with Crippen LogP contribution in [0.2, 0.25) is 0 Å². The third-order valence-corrected chi connectivity index (χ3v) is 6.26. The van der Waals surface area contributed by atoms with Gasteiger partial charge in [-0.05, 0) is 49.1 Å². The van der Waals surface area contributed by atoms with Crippen molar-refractivity contribution in [3.63, 3.8) is 0 Å². The minimum atomic E-state index is -4.84. The maximum absolute atomic E-state index is 13.6. The number of ether oxygens (including phenoxy) is 1. The number of hydrogen-bond acceptors (Lipinski definition) is 6. The largest absolute Gasteiger partial charge is 0.573 e. The third-order valence-electron chi connectivity index (χ3n) is 6.26. The van der Waals surface area contributed by atoms with Gasteiger partial charge in [0.25, 0.3) is 5.56 Å². The number of rotatable bonds is 9. The summed E-state index contributed by atoms with van der Waals surface area (Å²) in [7, 11) is 1.50. The van der Waals surface area contributed by atoms with Crippen LogP contribution < -0.4 is 16.0 Å². The van der Waals surface area contributed by atoms with Crippen LogP contribution in [-0.4, -0.2) is 41.2 Å². The number of benzene rings is 1. The first-order valence-corrected chi connectivity index (χ1v) is 12.1. The lowest BCUT2D eigenvalue weighted by atomic mass is 10.1. The second-order valence-corrected chi connectivity index (χ2v) is 9.13. The Morgan fingerprint density at radius 2 is 1.89 bits per heavy atom. The van der Waals surface area contributed by atoms with E-state index in [4.69, 9.17) is 0 Å². The van der Waals surface area contributed by atoms with Gasteiger partial charge in [-0.1, -0.05) is 25.1 Å². The normalized spacial score (nSPS) is 12.7. The van der Waals surface area contributed by atoms with Gasteiger partial charge in [0.2, 0.25) is 0 Å². The number of aliphatic hydroxyl groups is 1. The van der Waals surface area contributed by atoms with Crippen LogP contribution in [0.4, 0.5) is 13.2 Å². The van der Waals surface area contributed by atoms with Gasteiger partial charge in [-0.25, -0.2) is 9.78 Å². The molecule has 0 amide bonds. The summed E-state index contributed by atoms with van der Waals surface area (Å²) in [6.07, 6.45) is -3.04. The zero-order valence-electron chi connectivity index (χ0n) is 21.2. The summed E-state index contributed by atoms with van der Waals surface area (Å²) in [6.45, 7) is 3.87. The molecule has 3 heterocycles. The Bertz CT molecular complexity index is 1550. The number of aryl methyl sites for hydroxylation is 2. The van der Waals surface area contributed by atoms with E-state index in [1.54, 1.807) is 29.8 Å². The molecule has 38 heavy (non-hydrogen) atoms. The summed E-state index contributed by atoms with van der Waals surface area (Å²) in [5, 5.41) is 9.99. The number of fused-ring (bicyclic) bond motifs is 1. The van der Waals surface area contributed by atoms with Crippen molar-refractivity contribution in [2.75, 3.05) is 0 Å². The van der Waals surface area contributed by atoms with E-state index in [0.29, 0.717) is 23.5 Å². The van der Waals surface area contributed by atoms with Crippen LogP contribution in [0.3, 0.4) is 0 Å². The molecule has 0 bridgehead atoms. The van der Waals surface area contributed by atoms with Crippen molar-refractivity contribution in [3.8, 4) is 5.75 Å². The van der Waals surface area contributed by atoms with Gasteiger partial charge in [0.1, 0.15) is 11.6 Å². The van der Waals surface area contributed by atoms with Gasteiger partial charge >= 0.3 is 12.1 Å². The molecular formula is C26H28F3N5O4. The Labute approximate surface area is 215 Å². The minimum absolute atomic E-state index is 0.0244.